The van der Waals surface area contributed by atoms with Gasteiger partial charge in [-0.2, -0.15) is 0 Å². The average molecular weight is 783 g/mol. The van der Waals surface area contributed by atoms with Crippen molar-refractivity contribution >= 4 is 19.8 Å². The number of phosphoric acid groups is 1. The number of aliphatic hydroxyl groups is 4. The van der Waals surface area contributed by atoms with E-state index >= 15 is 0 Å². The Hall–Kier alpha value is -1.11. The number of unbranched alkanes of at least 4 members (excludes halogenated alkanes) is 24. The third-order valence-corrected chi connectivity index (χ3v) is 10.5. The van der Waals surface area contributed by atoms with Crippen molar-refractivity contribution in [1.29, 1.82) is 0 Å². The van der Waals surface area contributed by atoms with Gasteiger partial charge in [0.05, 0.1) is 19.8 Å². The fourth-order valence-corrected chi connectivity index (χ4v) is 6.81. The molecular formula is C40H79O12P. The van der Waals surface area contributed by atoms with Crippen LogP contribution in [0.3, 0.4) is 0 Å². The van der Waals surface area contributed by atoms with Gasteiger partial charge < -0.3 is 34.8 Å². The second-order valence-corrected chi connectivity index (χ2v) is 16.1. The van der Waals surface area contributed by atoms with Gasteiger partial charge in [0.2, 0.25) is 0 Å². The van der Waals surface area contributed by atoms with Crippen molar-refractivity contribution in [3.63, 3.8) is 0 Å². The molecule has 0 rings (SSSR count). The van der Waals surface area contributed by atoms with E-state index < -0.39 is 64.0 Å². The number of phosphoric ester groups is 1. The Morgan fingerprint density at radius 2 is 0.868 bits per heavy atom. The predicted molar refractivity (Wildman–Crippen MR) is 208 cm³/mol. The van der Waals surface area contributed by atoms with Gasteiger partial charge in [0.1, 0.15) is 24.9 Å². The lowest BCUT2D eigenvalue weighted by Gasteiger charge is -2.23. The standard InChI is InChI=1S/C40H79O12P/c1-3-5-7-9-11-13-15-17-19-21-23-25-27-29-38(44)49-32-35(33-50-53(47,48)51-34-37(43)40(46)36(42)31-41)52-39(45)30-28-26-24-22-20-18-16-14-12-10-8-6-4-2/h35-37,40-43,46H,3-34H2,1-2H3,(H,47,48)/t35-,36-,37-,40+/m1/s1. The normalized spacial score (nSPS) is 15.1. The van der Waals surface area contributed by atoms with Crippen LogP contribution in [-0.2, 0) is 32.7 Å². The van der Waals surface area contributed by atoms with Crippen LogP contribution in [0.5, 0.6) is 0 Å². The first-order chi connectivity index (χ1) is 25.6. The van der Waals surface area contributed by atoms with Gasteiger partial charge in [-0.1, -0.05) is 168 Å². The Balaban J connectivity index is 4.54. The minimum absolute atomic E-state index is 0.145. The summed E-state index contributed by atoms with van der Waals surface area (Å²) in [6.07, 6.45) is 24.5. The quantitative estimate of drug-likeness (QED) is 0.0226. The summed E-state index contributed by atoms with van der Waals surface area (Å²) in [5, 5.41) is 38.0. The minimum Gasteiger partial charge on any atom is -0.462 e. The zero-order chi connectivity index (χ0) is 39.4. The summed E-state index contributed by atoms with van der Waals surface area (Å²) in [7, 11) is -4.81. The van der Waals surface area contributed by atoms with Gasteiger partial charge in [-0.3, -0.25) is 18.6 Å². The first-order valence-corrected chi connectivity index (χ1v) is 22.7. The van der Waals surface area contributed by atoms with Crippen LogP contribution in [0.4, 0.5) is 0 Å². The second kappa shape index (κ2) is 36.5. The van der Waals surface area contributed by atoms with E-state index in [-0.39, 0.29) is 19.4 Å². The first-order valence-electron chi connectivity index (χ1n) is 21.2. The molecule has 53 heavy (non-hydrogen) atoms. The summed E-state index contributed by atoms with van der Waals surface area (Å²) < 4.78 is 32.9. The largest absolute Gasteiger partial charge is 0.472 e. The molecule has 0 aromatic rings. The summed E-state index contributed by atoms with van der Waals surface area (Å²) in [4.78, 5) is 35.2. The molecule has 0 aromatic carbocycles. The molecule has 0 amide bonds. The monoisotopic (exact) mass is 783 g/mol. The number of carbonyl (C=O) groups excluding carboxylic acids is 2. The Bertz CT molecular complexity index is 892. The second-order valence-electron chi connectivity index (χ2n) is 14.6. The lowest BCUT2D eigenvalue weighted by atomic mass is 10.0. The molecule has 0 aliphatic heterocycles. The molecule has 0 aromatic heterocycles. The third kappa shape index (κ3) is 33.9. The van der Waals surface area contributed by atoms with Crippen molar-refractivity contribution < 1.29 is 58.0 Å². The average Bonchev–Trinajstić information content (AvgIpc) is 3.14. The predicted octanol–water partition coefficient (Wildman–Crippen LogP) is 8.61. The molecule has 13 heteroatoms. The summed E-state index contributed by atoms with van der Waals surface area (Å²) in [5.41, 5.74) is 0. The lowest BCUT2D eigenvalue weighted by Crippen LogP contribution is -2.41. The number of carbonyl (C=O) groups is 2. The Morgan fingerprint density at radius 3 is 1.26 bits per heavy atom. The van der Waals surface area contributed by atoms with Gasteiger partial charge in [-0.15, -0.1) is 0 Å². The highest BCUT2D eigenvalue weighted by atomic mass is 31.2. The van der Waals surface area contributed by atoms with E-state index in [1.54, 1.807) is 0 Å². The molecule has 0 spiro atoms. The van der Waals surface area contributed by atoms with E-state index in [4.69, 9.17) is 23.6 Å². The van der Waals surface area contributed by atoms with E-state index in [0.29, 0.717) is 12.8 Å². The van der Waals surface area contributed by atoms with Crippen molar-refractivity contribution in [3.8, 4) is 0 Å². The molecule has 5 atom stereocenters. The number of esters is 2. The van der Waals surface area contributed by atoms with E-state index in [0.717, 1.165) is 38.5 Å². The molecule has 0 saturated carbocycles. The molecule has 0 fully saturated rings. The molecule has 12 nitrogen and oxygen atoms in total. The first kappa shape index (κ1) is 51.9. The van der Waals surface area contributed by atoms with Crippen LogP contribution in [-0.4, -0.2) is 88.1 Å². The number of ether oxygens (including phenoxy) is 2. The van der Waals surface area contributed by atoms with Crippen molar-refractivity contribution in [2.75, 3.05) is 26.4 Å². The highest BCUT2D eigenvalue weighted by molar-refractivity contribution is 7.47. The molecule has 0 aliphatic carbocycles. The maximum Gasteiger partial charge on any atom is 0.472 e. The van der Waals surface area contributed by atoms with Gasteiger partial charge in [-0.25, -0.2) is 4.57 Å². The summed E-state index contributed by atoms with van der Waals surface area (Å²) in [6.45, 7) is 1.75. The number of hydrogen-bond acceptors (Lipinski definition) is 11. The Morgan fingerprint density at radius 1 is 0.509 bits per heavy atom. The van der Waals surface area contributed by atoms with Gasteiger partial charge in [0, 0.05) is 12.8 Å². The van der Waals surface area contributed by atoms with Crippen LogP contribution in [0, 0.1) is 0 Å². The Kier molecular flexibility index (Phi) is 35.8. The van der Waals surface area contributed by atoms with Gasteiger partial charge in [-0.05, 0) is 12.8 Å². The highest BCUT2D eigenvalue weighted by Gasteiger charge is 2.30. The fourth-order valence-electron chi connectivity index (χ4n) is 6.04. The van der Waals surface area contributed by atoms with Crippen molar-refractivity contribution in [1.82, 2.24) is 0 Å². The highest BCUT2D eigenvalue weighted by Crippen LogP contribution is 2.43. The molecule has 0 radical (unpaired) electrons. The summed E-state index contributed by atoms with van der Waals surface area (Å²) >= 11 is 0. The molecule has 5 N–H and O–H groups in total. The zero-order valence-electron chi connectivity index (χ0n) is 33.5. The molecular weight excluding hydrogens is 703 g/mol. The third-order valence-electron chi connectivity index (χ3n) is 9.50. The van der Waals surface area contributed by atoms with Crippen LogP contribution in [0.15, 0.2) is 0 Å². The summed E-state index contributed by atoms with van der Waals surface area (Å²) in [5.74, 6) is -1.01. The van der Waals surface area contributed by atoms with Crippen LogP contribution in [0.25, 0.3) is 0 Å². The lowest BCUT2D eigenvalue weighted by molar-refractivity contribution is -0.161. The van der Waals surface area contributed by atoms with Crippen LogP contribution >= 0.6 is 7.82 Å². The SMILES string of the molecule is CCCCCCCCCCCCCCCC(=O)OC[C@H](COP(=O)(O)OC[C@@H](O)[C@@H](O)[C@H](O)CO)OC(=O)CCCCCCCCCCCCCCC. The summed E-state index contributed by atoms with van der Waals surface area (Å²) in [6, 6.07) is 0. The van der Waals surface area contributed by atoms with Crippen molar-refractivity contribution in [2.45, 2.75) is 218 Å². The van der Waals surface area contributed by atoms with Crippen LogP contribution < -0.4 is 0 Å². The number of hydrogen-bond donors (Lipinski definition) is 5. The zero-order valence-corrected chi connectivity index (χ0v) is 34.4. The smallest absolute Gasteiger partial charge is 0.462 e. The van der Waals surface area contributed by atoms with Gasteiger partial charge >= 0.3 is 19.8 Å². The van der Waals surface area contributed by atoms with Crippen molar-refractivity contribution in [3.05, 3.63) is 0 Å². The van der Waals surface area contributed by atoms with Crippen LogP contribution in [0.1, 0.15) is 194 Å². The van der Waals surface area contributed by atoms with Crippen LogP contribution in [0.2, 0.25) is 0 Å². The molecule has 0 bridgehead atoms. The van der Waals surface area contributed by atoms with Gasteiger partial charge in [0.15, 0.2) is 6.10 Å². The van der Waals surface area contributed by atoms with Crippen molar-refractivity contribution in [2.24, 2.45) is 0 Å². The van der Waals surface area contributed by atoms with E-state index in [1.165, 1.54) is 116 Å². The number of aliphatic hydroxyl groups excluding tert-OH is 4. The topological polar surface area (TPSA) is 189 Å². The van der Waals surface area contributed by atoms with E-state index in [1.807, 2.05) is 0 Å². The maximum atomic E-state index is 12.6. The molecule has 316 valence electrons. The molecule has 0 saturated heterocycles. The number of rotatable bonds is 40. The maximum absolute atomic E-state index is 12.6. The minimum atomic E-state index is -4.81. The molecule has 0 heterocycles. The fraction of sp³-hybridized carbons (Fsp3) is 0.950. The van der Waals surface area contributed by atoms with E-state index in [9.17, 15) is 34.4 Å². The Labute approximate surface area is 321 Å². The molecule has 1 unspecified atom stereocenters. The van der Waals surface area contributed by atoms with Gasteiger partial charge in [0.25, 0.3) is 0 Å². The molecule has 0 aliphatic rings. The van der Waals surface area contributed by atoms with E-state index in [2.05, 4.69) is 13.8 Å².